The second-order valence-electron chi connectivity index (χ2n) is 17.5. The van der Waals surface area contributed by atoms with Crippen LogP contribution < -0.4 is 20.7 Å². The average molecular weight is 825 g/mol. The fourth-order valence-electron chi connectivity index (χ4n) is 11.1. The molecule has 302 valence electrons. The molecule has 3 heteroatoms. The fraction of sp³-hybridized carbons (Fsp3) is 0.100. The van der Waals surface area contributed by atoms with E-state index in [1.165, 1.54) is 119 Å². The van der Waals surface area contributed by atoms with Gasteiger partial charge in [-0.3, -0.25) is 0 Å². The van der Waals surface area contributed by atoms with Gasteiger partial charge in [-0.05, 0) is 117 Å². The first-order valence-electron chi connectivity index (χ1n) is 22.7. The van der Waals surface area contributed by atoms with Gasteiger partial charge in [0.15, 0.2) is 8.07 Å². The van der Waals surface area contributed by atoms with Gasteiger partial charge in [0, 0.05) is 32.9 Å². The summed E-state index contributed by atoms with van der Waals surface area (Å²) in [5.41, 5.74) is 11.3. The third-order valence-electron chi connectivity index (χ3n) is 14.1. The highest BCUT2D eigenvalue weighted by molar-refractivity contribution is 7.19. The van der Waals surface area contributed by atoms with Crippen molar-refractivity contribution in [2.75, 3.05) is 0 Å². The van der Waals surface area contributed by atoms with Crippen molar-refractivity contribution >= 4 is 72.4 Å². The van der Waals surface area contributed by atoms with Crippen molar-refractivity contribution in [2.24, 2.45) is 0 Å². The first-order chi connectivity index (χ1) is 31.3. The molecule has 0 atom stereocenters. The lowest BCUT2D eigenvalue weighted by atomic mass is 9.83. The van der Waals surface area contributed by atoms with E-state index in [0.717, 1.165) is 5.69 Å². The SMILES string of the molecule is c1ccc(-c2ccc3c(c2)c2cc(C4CCCCC4)ccc2n3-c2ccc3c(c2)c2ccccc2n3-c2ccc([Si](c3ccccc3)(c3ccccc3)c3ccccc3)cc2)cc1. The zero-order chi connectivity index (χ0) is 41.7. The third-order valence-corrected chi connectivity index (χ3v) is 18.9. The molecule has 0 unspecified atom stereocenters. The van der Waals surface area contributed by atoms with Crippen LogP contribution in [0.25, 0.3) is 66.1 Å². The Labute approximate surface area is 370 Å². The lowest BCUT2D eigenvalue weighted by Gasteiger charge is -2.34. The van der Waals surface area contributed by atoms with E-state index in [2.05, 4.69) is 234 Å². The molecule has 9 aromatic carbocycles. The van der Waals surface area contributed by atoms with Crippen molar-refractivity contribution in [1.82, 2.24) is 9.13 Å². The summed E-state index contributed by atoms with van der Waals surface area (Å²) in [7, 11) is -2.65. The molecule has 0 aliphatic heterocycles. The summed E-state index contributed by atoms with van der Waals surface area (Å²) in [5.74, 6) is 0.643. The van der Waals surface area contributed by atoms with Gasteiger partial charge >= 0.3 is 0 Å². The van der Waals surface area contributed by atoms with E-state index >= 15 is 0 Å². The standard InChI is InChI=1S/C60H48N2Si/c1-6-18-43(19-7-1)45-30-37-58-54(40-45)55-41-46(44-20-8-2-9-21-44)31-38-59(55)62(58)48-34-39-60-56(42-48)53-28-16-17-29-57(53)61(60)47-32-35-52(36-33-47)63(49-22-10-3-11-23-49,50-24-12-4-13-25-50)51-26-14-5-15-27-51/h1,3-7,10-19,22-42,44H,2,8-9,20-21H2. The van der Waals surface area contributed by atoms with E-state index < -0.39 is 8.07 Å². The number of rotatable bonds is 8. The molecule has 1 fully saturated rings. The summed E-state index contributed by atoms with van der Waals surface area (Å²) < 4.78 is 4.97. The van der Waals surface area contributed by atoms with Gasteiger partial charge in [-0.1, -0.05) is 183 Å². The molecule has 2 nitrogen and oxygen atoms in total. The molecule has 0 bridgehead atoms. The molecular weight excluding hydrogens is 777 g/mol. The maximum absolute atomic E-state index is 2.65. The second-order valence-corrected chi connectivity index (χ2v) is 21.3. The van der Waals surface area contributed by atoms with Crippen LogP contribution in [-0.2, 0) is 0 Å². The lowest BCUT2D eigenvalue weighted by molar-refractivity contribution is 0.444. The molecule has 0 N–H and O–H groups in total. The van der Waals surface area contributed by atoms with Gasteiger partial charge in [0.1, 0.15) is 0 Å². The Bertz CT molecular complexity index is 3300. The molecule has 1 saturated carbocycles. The van der Waals surface area contributed by atoms with E-state index in [1.54, 1.807) is 0 Å². The average Bonchev–Trinajstić information content (AvgIpc) is 3.88. The quantitative estimate of drug-likeness (QED) is 0.107. The van der Waals surface area contributed by atoms with Crippen molar-refractivity contribution in [3.8, 4) is 22.5 Å². The van der Waals surface area contributed by atoms with Crippen LogP contribution in [0.4, 0.5) is 0 Å². The fourth-order valence-corrected chi connectivity index (χ4v) is 15.9. The number of para-hydroxylation sites is 1. The predicted octanol–water partition coefficient (Wildman–Crippen LogP) is 13.0. The predicted molar refractivity (Wildman–Crippen MR) is 270 cm³/mol. The Morgan fingerprint density at radius 2 is 0.778 bits per heavy atom. The molecule has 11 aromatic rings. The number of fused-ring (bicyclic) bond motifs is 6. The summed E-state index contributed by atoms with van der Waals surface area (Å²) in [4.78, 5) is 0. The summed E-state index contributed by atoms with van der Waals surface area (Å²) >= 11 is 0. The molecule has 0 radical (unpaired) electrons. The maximum atomic E-state index is 2.53. The summed E-state index contributed by atoms with van der Waals surface area (Å²) in [5, 5.41) is 10.7. The monoisotopic (exact) mass is 824 g/mol. The minimum atomic E-state index is -2.65. The minimum Gasteiger partial charge on any atom is -0.309 e. The topological polar surface area (TPSA) is 9.86 Å². The van der Waals surface area contributed by atoms with Gasteiger partial charge in [0.25, 0.3) is 0 Å². The number of aromatic nitrogens is 2. The van der Waals surface area contributed by atoms with Crippen molar-refractivity contribution in [3.05, 3.63) is 230 Å². The number of hydrogen-bond acceptors (Lipinski definition) is 0. The molecule has 0 spiro atoms. The lowest BCUT2D eigenvalue weighted by Crippen LogP contribution is -2.74. The van der Waals surface area contributed by atoms with E-state index in [-0.39, 0.29) is 0 Å². The molecule has 0 saturated heterocycles. The first kappa shape index (κ1) is 37.5. The summed E-state index contributed by atoms with van der Waals surface area (Å²) in [6.07, 6.45) is 6.61. The van der Waals surface area contributed by atoms with Gasteiger partial charge in [-0.2, -0.15) is 0 Å². The highest BCUT2D eigenvalue weighted by Gasteiger charge is 2.41. The molecule has 2 aromatic heterocycles. The van der Waals surface area contributed by atoms with Crippen molar-refractivity contribution < 1.29 is 0 Å². The Kier molecular flexibility index (Phi) is 9.30. The van der Waals surface area contributed by atoms with Crippen LogP contribution in [0.5, 0.6) is 0 Å². The number of hydrogen-bond donors (Lipinski definition) is 0. The van der Waals surface area contributed by atoms with Crippen LogP contribution >= 0.6 is 0 Å². The molecule has 12 rings (SSSR count). The maximum Gasteiger partial charge on any atom is 0.179 e. The first-order valence-corrected chi connectivity index (χ1v) is 24.7. The largest absolute Gasteiger partial charge is 0.309 e. The van der Waals surface area contributed by atoms with Crippen molar-refractivity contribution in [2.45, 2.75) is 38.0 Å². The van der Waals surface area contributed by atoms with Gasteiger partial charge in [0.05, 0.1) is 22.1 Å². The van der Waals surface area contributed by atoms with Crippen LogP contribution in [0, 0.1) is 0 Å². The van der Waals surface area contributed by atoms with Crippen LogP contribution in [0.15, 0.2) is 224 Å². The van der Waals surface area contributed by atoms with Crippen LogP contribution in [0.2, 0.25) is 0 Å². The van der Waals surface area contributed by atoms with Gasteiger partial charge in [-0.15, -0.1) is 0 Å². The van der Waals surface area contributed by atoms with Crippen molar-refractivity contribution in [1.29, 1.82) is 0 Å². The number of benzene rings is 9. The normalized spacial score (nSPS) is 13.7. The summed E-state index contributed by atoms with van der Waals surface area (Å²) in [6.45, 7) is 0. The molecule has 0 amide bonds. The Morgan fingerprint density at radius 3 is 1.41 bits per heavy atom. The van der Waals surface area contributed by atoms with Crippen molar-refractivity contribution in [3.63, 3.8) is 0 Å². The van der Waals surface area contributed by atoms with Gasteiger partial charge in [0.2, 0.25) is 0 Å². The molecular formula is C60H48N2Si. The zero-order valence-electron chi connectivity index (χ0n) is 35.4. The smallest absolute Gasteiger partial charge is 0.179 e. The highest BCUT2D eigenvalue weighted by Crippen LogP contribution is 2.41. The van der Waals surface area contributed by atoms with Crippen LogP contribution in [0.1, 0.15) is 43.6 Å². The molecule has 1 aliphatic rings. The third kappa shape index (κ3) is 6.21. The number of nitrogens with zero attached hydrogens (tertiary/aromatic N) is 2. The minimum absolute atomic E-state index is 0.643. The zero-order valence-corrected chi connectivity index (χ0v) is 36.4. The van der Waals surface area contributed by atoms with Crippen LogP contribution in [0.3, 0.4) is 0 Å². The molecule has 1 aliphatic carbocycles. The van der Waals surface area contributed by atoms with E-state index in [0.29, 0.717) is 5.92 Å². The van der Waals surface area contributed by atoms with E-state index in [4.69, 9.17) is 0 Å². The van der Waals surface area contributed by atoms with E-state index in [9.17, 15) is 0 Å². The molecule has 2 heterocycles. The molecule has 63 heavy (non-hydrogen) atoms. The second kappa shape index (κ2) is 15.6. The van der Waals surface area contributed by atoms with Crippen LogP contribution in [-0.4, -0.2) is 17.2 Å². The Balaban J connectivity index is 1.02. The summed E-state index contributed by atoms with van der Waals surface area (Å²) in [6, 6.07) is 84.4. The van der Waals surface area contributed by atoms with E-state index in [1.807, 2.05) is 0 Å². The van der Waals surface area contributed by atoms with Gasteiger partial charge in [-0.25, -0.2) is 0 Å². The highest BCUT2D eigenvalue weighted by atomic mass is 28.3. The van der Waals surface area contributed by atoms with Gasteiger partial charge < -0.3 is 9.13 Å². The Morgan fingerprint density at radius 1 is 0.317 bits per heavy atom. The Hall–Kier alpha value is -7.20.